The van der Waals surface area contributed by atoms with Gasteiger partial charge in [0.05, 0.1) is 51.9 Å². The van der Waals surface area contributed by atoms with E-state index in [0.717, 1.165) is 5.69 Å². The SMILES string of the molecule is CCC(=O)NCCOCCOCCOCCn1cc(CCC(=O)CCCC(=O)NC)nn1. The van der Waals surface area contributed by atoms with Crippen molar-refractivity contribution in [1.82, 2.24) is 25.6 Å². The highest BCUT2D eigenvalue weighted by molar-refractivity contribution is 5.80. The number of hydrogen-bond acceptors (Lipinski definition) is 8. The molecule has 0 fully saturated rings. The summed E-state index contributed by atoms with van der Waals surface area (Å²) in [4.78, 5) is 34.1. The van der Waals surface area contributed by atoms with Gasteiger partial charge in [-0.3, -0.25) is 14.4 Å². The lowest BCUT2D eigenvalue weighted by Gasteiger charge is -2.07. The van der Waals surface area contributed by atoms with Crippen molar-refractivity contribution >= 4 is 17.6 Å². The number of nitrogens with zero attached hydrogens (tertiary/aromatic N) is 3. The predicted octanol–water partition coefficient (Wildman–Crippen LogP) is 0.272. The Hall–Kier alpha value is -2.37. The lowest BCUT2D eigenvalue weighted by Crippen LogP contribution is -2.26. The van der Waals surface area contributed by atoms with E-state index in [9.17, 15) is 14.4 Å². The number of hydrogen-bond donors (Lipinski definition) is 2. The van der Waals surface area contributed by atoms with E-state index in [1.54, 1.807) is 18.7 Å². The van der Waals surface area contributed by atoms with Gasteiger partial charge in [0.1, 0.15) is 5.78 Å². The molecule has 182 valence electrons. The number of aryl methyl sites for hydroxylation is 1. The minimum absolute atomic E-state index is 0.0187. The van der Waals surface area contributed by atoms with Crippen molar-refractivity contribution in [2.75, 3.05) is 53.2 Å². The van der Waals surface area contributed by atoms with Crippen molar-refractivity contribution in [3.63, 3.8) is 0 Å². The third kappa shape index (κ3) is 14.6. The molecule has 0 aliphatic heterocycles. The molecule has 11 nitrogen and oxygen atoms in total. The molecule has 0 aromatic carbocycles. The molecule has 1 aromatic heterocycles. The van der Waals surface area contributed by atoms with Gasteiger partial charge < -0.3 is 24.8 Å². The summed E-state index contributed by atoms with van der Waals surface area (Å²) in [6.07, 6.45) is 4.58. The van der Waals surface area contributed by atoms with Crippen LogP contribution in [0.2, 0.25) is 0 Å². The van der Waals surface area contributed by atoms with E-state index in [0.29, 0.717) is 91.3 Å². The fourth-order valence-corrected chi connectivity index (χ4v) is 2.61. The maximum atomic E-state index is 11.9. The summed E-state index contributed by atoms with van der Waals surface area (Å²) >= 11 is 0. The number of carbonyl (C=O) groups is 3. The summed E-state index contributed by atoms with van der Waals surface area (Å²) in [5.74, 6) is 0.0970. The van der Waals surface area contributed by atoms with Gasteiger partial charge in [0.2, 0.25) is 11.8 Å². The fraction of sp³-hybridized carbons (Fsp3) is 0.762. The first kappa shape index (κ1) is 27.7. The number of carbonyl (C=O) groups excluding carboxylic acids is 3. The van der Waals surface area contributed by atoms with E-state index < -0.39 is 0 Å². The summed E-state index contributed by atoms with van der Waals surface area (Å²) in [7, 11) is 1.59. The lowest BCUT2D eigenvalue weighted by molar-refractivity contribution is -0.122. The van der Waals surface area contributed by atoms with Crippen LogP contribution in [0.3, 0.4) is 0 Å². The van der Waals surface area contributed by atoms with Gasteiger partial charge in [-0.05, 0) is 12.8 Å². The Morgan fingerprint density at radius 3 is 2.31 bits per heavy atom. The number of Topliss-reactive ketones (excluding diaryl/α,β-unsaturated/α-hetero) is 1. The highest BCUT2D eigenvalue weighted by Gasteiger charge is 2.07. The summed E-state index contributed by atoms with van der Waals surface area (Å²) < 4.78 is 18.0. The average Bonchev–Trinajstić information content (AvgIpc) is 3.25. The molecular weight excluding hydrogens is 418 g/mol. The van der Waals surface area contributed by atoms with Crippen LogP contribution in [0.1, 0.15) is 44.7 Å². The molecule has 0 spiro atoms. The van der Waals surface area contributed by atoms with Gasteiger partial charge in [0, 0.05) is 45.5 Å². The molecule has 1 rings (SSSR count). The van der Waals surface area contributed by atoms with Crippen LogP contribution in [0.25, 0.3) is 0 Å². The number of rotatable bonds is 20. The second kappa shape index (κ2) is 18.2. The Balaban J connectivity index is 1.95. The third-order valence-corrected chi connectivity index (χ3v) is 4.48. The summed E-state index contributed by atoms with van der Waals surface area (Å²) in [6.45, 7) is 5.73. The third-order valence-electron chi connectivity index (χ3n) is 4.48. The zero-order chi connectivity index (χ0) is 23.4. The van der Waals surface area contributed by atoms with E-state index in [-0.39, 0.29) is 17.6 Å². The summed E-state index contributed by atoms with van der Waals surface area (Å²) in [6, 6.07) is 0. The van der Waals surface area contributed by atoms with Crippen molar-refractivity contribution in [1.29, 1.82) is 0 Å². The van der Waals surface area contributed by atoms with Crippen molar-refractivity contribution in [3.05, 3.63) is 11.9 Å². The quantitative estimate of drug-likeness (QED) is 0.268. The second-order valence-electron chi connectivity index (χ2n) is 7.08. The van der Waals surface area contributed by atoms with Crippen LogP contribution < -0.4 is 10.6 Å². The van der Waals surface area contributed by atoms with Crippen LogP contribution in [0.5, 0.6) is 0 Å². The molecule has 2 amide bonds. The molecular formula is C21H37N5O6. The minimum atomic E-state index is -0.0471. The minimum Gasteiger partial charge on any atom is -0.377 e. The Morgan fingerprint density at radius 1 is 0.938 bits per heavy atom. The van der Waals surface area contributed by atoms with E-state index in [2.05, 4.69) is 20.9 Å². The molecule has 32 heavy (non-hydrogen) atoms. The van der Waals surface area contributed by atoms with Crippen molar-refractivity contribution in [3.8, 4) is 0 Å². The molecule has 1 aromatic rings. The Kier molecular flexibility index (Phi) is 15.8. The molecule has 0 aliphatic carbocycles. The van der Waals surface area contributed by atoms with E-state index in [1.165, 1.54) is 0 Å². The largest absolute Gasteiger partial charge is 0.377 e. The van der Waals surface area contributed by atoms with Gasteiger partial charge >= 0.3 is 0 Å². The number of ketones is 1. The Labute approximate surface area is 189 Å². The first-order valence-electron chi connectivity index (χ1n) is 11.2. The van der Waals surface area contributed by atoms with Crippen molar-refractivity contribution < 1.29 is 28.6 Å². The van der Waals surface area contributed by atoms with Gasteiger partial charge in [0.15, 0.2) is 0 Å². The summed E-state index contributed by atoms with van der Waals surface area (Å²) in [5.41, 5.74) is 0.766. The molecule has 2 N–H and O–H groups in total. The number of aromatic nitrogens is 3. The molecule has 0 saturated heterocycles. The Morgan fingerprint density at radius 2 is 1.62 bits per heavy atom. The fourth-order valence-electron chi connectivity index (χ4n) is 2.61. The molecule has 0 aliphatic rings. The zero-order valence-electron chi connectivity index (χ0n) is 19.3. The van der Waals surface area contributed by atoms with E-state index in [4.69, 9.17) is 14.2 Å². The average molecular weight is 456 g/mol. The van der Waals surface area contributed by atoms with Gasteiger partial charge in [0.25, 0.3) is 0 Å². The smallest absolute Gasteiger partial charge is 0.219 e. The molecule has 0 unspecified atom stereocenters. The highest BCUT2D eigenvalue weighted by Crippen LogP contribution is 2.04. The molecule has 1 heterocycles. The molecule has 0 radical (unpaired) electrons. The van der Waals surface area contributed by atoms with Crippen LogP contribution in [0, 0.1) is 0 Å². The monoisotopic (exact) mass is 455 g/mol. The number of ether oxygens (including phenoxy) is 3. The lowest BCUT2D eigenvalue weighted by atomic mass is 10.1. The Bertz CT molecular complexity index is 667. The molecule has 11 heteroatoms. The second-order valence-corrected chi connectivity index (χ2v) is 7.08. The predicted molar refractivity (Wildman–Crippen MR) is 117 cm³/mol. The first-order valence-corrected chi connectivity index (χ1v) is 11.2. The van der Waals surface area contributed by atoms with Gasteiger partial charge in [-0.1, -0.05) is 12.1 Å². The molecule has 0 bridgehead atoms. The van der Waals surface area contributed by atoms with Crippen molar-refractivity contribution in [2.24, 2.45) is 0 Å². The summed E-state index contributed by atoms with van der Waals surface area (Å²) in [5, 5.41) is 13.4. The topological polar surface area (TPSA) is 134 Å². The number of amides is 2. The maximum Gasteiger partial charge on any atom is 0.219 e. The van der Waals surface area contributed by atoms with Gasteiger partial charge in [-0.25, -0.2) is 4.68 Å². The normalized spacial score (nSPS) is 10.8. The highest BCUT2D eigenvalue weighted by atomic mass is 16.5. The first-order chi connectivity index (χ1) is 15.5. The molecule has 0 saturated carbocycles. The zero-order valence-corrected chi connectivity index (χ0v) is 19.3. The van der Waals surface area contributed by atoms with Gasteiger partial charge in [-0.15, -0.1) is 5.10 Å². The number of nitrogens with one attached hydrogen (secondary N) is 2. The van der Waals surface area contributed by atoms with E-state index >= 15 is 0 Å². The van der Waals surface area contributed by atoms with Crippen LogP contribution >= 0.6 is 0 Å². The van der Waals surface area contributed by atoms with Crippen LogP contribution in [0.4, 0.5) is 0 Å². The standard InChI is InChI=1S/C21H37N5O6/c1-3-20(28)23-9-11-30-13-15-32-16-14-31-12-10-26-17-18(24-25-26)7-8-19(27)5-4-6-21(29)22-2/h17H,3-16H2,1-2H3,(H,22,29)(H,23,28). The van der Waals surface area contributed by atoms with E-state index in [1.807, 2.05) is 6.20 Å². The van der Waals surface area contributed by atoms with Crippen molar-refractivity contribution in [2.45, 2.75) is 52.0 Å². The molecule has 0 atom stereocenters. The van der Waals surface area contributed by atoms with Crippen LogP contribution in [-0.4, -0.2) is 85.8 Å². The maximum absolute atomic E-state index is 11.9. The van der Waals surface area contributed by atoms with Crippen LogP contribution in [0.15, 0.2) is 6.20 Å². The van der Waals surface area contributed by atoms with Gasteiger partial charge in [-0.2, -0.15) is 0 Å². The van der Waals surface area contributed by atoms with Crippen LogP contribution in [-0.2, 0) is 41.6 Å².